The van der Waals surface area contributed by atoms with Gasteiger partial charge < -0.3 is 20.1 Å². The predicted octanol–water partition coefficient (Wildman–Crippen LogP) is 0.566. The van der Waals surface area contributed by atoms with Crippen LogP contribution in [0.15, 0.2) is 18.7 Å². The number of rotatable bonds is 9. The van der Waals surface area contributed by atoms with Gasteiger partial charge in [0.15, 0.2) is 6.10 Å². The molecular formula is C13H21N3O4. The summed E-state index contributed by atoms with van der Waals surface area (Å²) in [5, 5.41) is 20.2. The van der Waals surface area contributed by atoms with E-state index in [9.17, 15) is 9.59 Å². The first-order valence-corrected chi connectivity index (χ1v) is 6.69. The molecule has 0 saturated carbocycles. The van der Waals surface area contributed by atoms with E-state index in [1.807, 2.05) is 17.7 Å². The number of aliphatic carboxylic acids is 1. The summed E-state index contributed by atoms with van der Waals surface area (Å²) in [5.41, 5.74) is 0. The first-order valence-electron chi connectivity index (χ1n) is 6.69. The molecule has 1 amide bonds. The average Bonchev–Trinajstić information content (AvgIpc) is 2.91. The van der Waals surface area contributed by atoms with Crippen LogP contribution in [0, 0.1) is 0 Å². The molecular weight excluding hydrogens is 262 g/mol. The molecule has 0 aliphatic rings. The van der Waals surface area contributed by atoms with Crippen molar-refractivity contribution >= 4 is 11.9 Å². The van der Waals surface area contributed by atoms with Crippen LogP contribution in [0.2, 0.25) is 0 Å². The zero-order chi connectivity index (χ0) is 15.0. The fraction of sp³-hybridized carbons (Fsp3) is 0.615. The van der Waals surface area contributed by atoms with Crippen molar-refractivity contribution < 1.29 is 19.8 Å². The van der Waals surface area contributed by atoms with Crippen LogP contribution in [-0.4, -0.2) is 44.3 Å². The van der Waals surface area contributed by atoms with Gasteiger partial charge in [-0.3, -0.25) is 4.79 Å². The molecule has 0 saturated heterocycles. The molecule has 0 aliphatic carbocycles. The molecule has 0 bridgehead atoms. The Bertz CT molecular complexity index is 419. The number of imidazole rings is 1. The number of amides is 1. The van der Waals surface area contributed by atoms with Crippen molar-refractivity contribution in [3.8, 4) is 0 Å². The largest absolute Gasteiger partial charge is 0.479 e. The second-order valence-corrected chi connectivity index (χ2v) is 4.65. The maximum atomic E-state index is 11.8. The quantitative estimate of drug-likeness (QED) is 0.614. The molecule has 112 valence electrons. The first kappa shape index (κ1) is 16.2. The Balaban J connectivity index is 2.37. The lowest BCUT2D eigenvalue weighted by molar-refractivity contribution is -0.147. The van der Waals surface area contributed by atoms with E-state index in [4.69, 9.17) is 10.2 Å². The summed E-state index contributed by atoms with van der Waals surface area (Å²) in [6.07, 6.45) is 5.87. The third-order valence-corrected chi connectivity index (χ3v) is 3.01. The number of carboxylic acid groups (broad SMARTS) is 1. The lowest BCUT2D eigenvalue weighted by atomic mass is 10.1. The molecule has 0 radical (unpaired) electrons. The Morgan fingerprint density at radius 1 is 1.40 bits per heavy atom. The van der Waals surface area contributed by atoms with E-state index in [0.717, 1.165) is 12.8 Å². The Morgan fingerprint density at radius 2 is 2.15 bits per heavy atom. The van der Waals surface area contributed by atoms with Crippen molar-refractivity contribution in [1.82, 2.24) is 14.9 Å². The molecule has 0 spiro atoms. The molecule has 2 atom stereocenters. The van der Waals surface area contributed by atoms with Gasteiger partial charge in [0.25, 0.3) is 0 Å². The number of carbonyl (C=O) groups excluding carboxylic acids is 1. The summed E-state index contributed by atoms with van der Waals surface area (Å²) in [5.74, 6) is -1.43. The highest BCUT2D eigenvalue weighted by Gasteiger charge is 2.16. The molecule has 1 aromatic rings. The number of nitrogens with zero attached hydrogens (tertiary/aromatic N) is 2. The van der Waals surface area contributed by atoms with Crippen molar-refractivity contribution in [2.45, 2.75) is 44.8 Å². The van der Waals surface area contributed by atoms with Gasteiger partial charge >= 0.3 is 5.97 Å². The monoisotopic (exact) mass is 283 g/mol. The zero-order valence-corrected chi connectivity index (χ0v) is 11.5. The van der Waals surface area contributed by atoms with Crippen LogP contribution in [0.4, 0.5) is 0 Å². The Kier molecular flexibility index (Phi) is 6.72. The summed E-state index contributed by atoms with van der Waals surface area (Å²) >= 11 is 0. The number of hydrogen-bond donors (Lipinski definition) is 3. The normalized spacial score (nSPS) is 13.7. The van der Waals surface area contributed by atoms with E-state index in [2.05, 4.69) is 10.3 Å². The fourth-order valence-corrected chi connectivity index (χ4v) is 1.93. The second-order valence-electron chi connectivity index (χ2n) is 4.65. The highest BCUT2D eigenvalue weighted by molar-refractivity contribution is 5.76. The molecule has 1 heterocycles. The SMILES string of the molecule is CCCC(CC(=O)NCC[C@H](O)C(=O)O)n1ccnc1. The summed E-state index contributed by atoms with van der Waals surface area (Å²) < 4.78 is 1.90. The van der Waals surface area contributed by atoms with Crippen molar-refractivity contribution in [1.29, 1.82) is 0 Å². The standard InChI is InChI=1S/C13H21N3O4/c1-2-3-10(16-7-6-14-9-16)8-12(18)15-5-4-11(17)13(19)20/h6-7,9-11,17H,2-5,8H2,1H3,(H,15,18)(H,19,20)/t10?,11-/m0/s1. The van der Waals surface area contributed by atoms with E-state index >= 15 is 0 Å². The van der Waals surface area contributed by atoms with Crippen molar-refractivity contribution in [3.63, 3.8) is 0 Å². The van der Waals surface area contributed by atoms with Gasteiger partial charge in [0.2, 0.25) is 5.91 Å². The third kappa shape index (κ3) is 5.40. The number of aliphatic hydroxyl groups is 1. The second kappa shape index (κ2) is 8.31. The smallest absolute Gasteiger partial charge is 0.332 e. The van der Waals surface area contributed by atoms with E-state index in [1.54, 1.807) is 12.5 Å². The summed E-state index contributed by atoms with van der Waals surface area (Å²) in [6.45, 7) is 2.19. The van der Waals surface area contributed by atoms with Gasteiger partial charge in [0, 0.05) is 37.8 Å². The van der Waals surface area contributed by atoms with Crippen molar-refractivity contribution in [3.05, 3.63) is 18.7 Å². The molecule has 3 N–H and O–H groups in total. The third-order valence-electron chi connectivity index (χ3n) is 3.01. The Morgan fingerprint density at radius 3 is 2.70 bits per heavy atom. The summed E-state index contributed by atoms with van der Waals surface area (Å²) in [6, 6.07) is 0.0481. The van der Waals surface area contributed by atoms with Gasteiger partial charge in [0.1, 0.15) is 0 Å². The number of aliphatic hydroxyl groups excluding tert-OH is 1. The number of carbonyl (C=O) groups is 2. The molecule has 7 heteroatoms. The zero-order valence-electron chi connectivity index (χ0n) is 11.5. The topological polar surface area (TPSA) is 104 Å². The minimum Gasteiger partial charge on any atom is -0.479 e. The Hall–Kier alpha value is -1.89. The van der Waals surface area contributed by atoms with Crippen LogP contribution in [-0.2, 0) is 9.59 Å². The minimum absolute atomic E-state index is 0.00456. The van der Waals surface area contributed by atoms with Gasteiger partial charge in [-0.2, -0.15) is 0 Å². The predicted molar refractivity (Wildman–Crippen MR) is 72.1 cm³/mol. The van der Waals surface area contributed by atoms with Gasteiger partial charge in [-0.15, -0.1) is 0 Å². The van der Waals surface area contributed by atoms with Crippen molar-refractivity contribution in [2.24, 2.45) is 0 Å². The number of aromatic nitrogens is 2. The van der Waals surface area contributed by atoms with Gasteiger partial charge in [-0.05, 0) is 6.42 Å². The van der Waals surface area contributed by atoms with Gasteiger partial charge in [-0.1, -0.05) is 13.3 Å². The van der Waals surface area contributed by atoms with Gasteiger partial charge in [0.05, 0.1) is 6.33 Å². The van der Waals surface area contributed by atoms with E-state index in [0.29, 0.717) is 6.42 Å². The van der Waals surface area contributed by atoms with Crippen LogP contribution in [0.25, 0.3) is 0 Å². The molecule has 0 fully saturated rings. The molecule has 20 heavy (non-hydrogen) atoms. The Labute approximate surface area is 117 Å². The summed E-state index contributed by atoms with van der Waals surface area (Å²) in [4.78, 5) is 26.2. The maximum Gasteiger partial charge on any atom is 0.332 e. The van der Waals surface area contributed by atoms with Crippen molar-refractivity contribution in [2.75, 3.05) is 6.54 Å². The van der Waals surface area contributed by atoms with E-state index < -0.39 is 12.1 Å². The highest BCUT2D eigenvalue weighted by atomic mass is 16.4. The molecule has 1 unspecified atom stereocenters. The minimum atomic E-state index is -1.43. The number of nitrogens with one attached hydrogen (secondary N) is 1. The highest BCUT2D eigenvalue weighted by Crippen LogP contribution is 2.17. The van der Waals surface area contributed by atoms with Crippen LogP contribution in [0.3, 0.4) is 0 Å². The molecule has 1 rings (SSSR count). The van der Waals surface area contributed by atoms with E-state index in [1.165, 1.54) is 0 Å². The number of hydrogen-bond acceptors (Lipinski definition) is 4. The van der Waals surface area contributed by atoms with Crippen LogP contribution < -0.4 is 5.32 Å². The molecule has 1 aromatic heterocycles. The first-order chi connectivity index (χ1) is 9.54. The van der Waals surface area contributed by atoms with Crippen LogP contribution in [0.1, 0.15) is 38.6 Å². The molecule has 7 nitrogen and oxygen atoms in total. The lowest BCUT2D eigenvalue weighted by Gasteiger charge is -2.17. The molecule has 0 aliphatic heterocycles. The van der Waals surface area contributed by atoms with Crippen LogP contribution >= 0.6 is 0 Å². The number of carboxylic acids is 1. The van der Waals surface area contributed by atoms with E-state index in [-0.39, 0.29) is 24.9 Å². The lowest BCUT2D eigenvalue weighted by Crippen LogP contribution is -2.31. The summed E-state index contributed by atoms with van der Waals surface area (Å²) in [7, 11) is 0. The van der Waals surface area contributed by atoms with Crippen LogP contribution in [0.5, 0.6) is 0 Å². The molecule has 0 aromatic carbocycles. The maximum absolute atomic E-state index is 11.8. The average molecular weight is 283 g/mol. The fourth-order valence-electron chi connectivity index (χ4n) is 1.93. The van der Waals surface area contributed by atoms with Gasteiger partial charge in [-0.25, -0.2) is 9.78 Å².